The molecule has 0 spiro atoms. The third-order valence-electron chi connectivity index (χ3n) is 6.82. The van der Waals surface area contributed by atoms with E-state index < -0.39 is 18.0 Å². The highest BCUT2D eigenvalue weighted by Crippen LogP contribution is 2.46. The SMILES string of the molecule is C=C(F)C(C)=O.CC/C(C)=C/N(C)c1cc(C2CC(CC)C2)cc(-c2ccc(OC(F)(F)F)cc2)c1C. The summed E-state index contributed by atoms with van der Waals surface area (Å²) in [4.78, 5) is 11.8. The molecular formula is C30H37F4NO2. The highest BCUT2D eigenvalue weighted by atomic mass is 19.4. The topological polar surface area (TPSA) is 29.5 Å². The van der Waals surface area contributed by atoms with Crippen molar-refractivity contribution in [3.8, 4) is 16.9 Å². The van der Waals surface area contributed by atoms with Gasteiger partial charge in [-0.2, -0.15) is 0 Å². The van der Waals surface area contributed by atoms with E-state index in [9.17, 15) is 22.4 Å². The van der Waals surface area contributed by atoms with Crippen LogP contribution in [0.5, 0.6) is 5.75 Å². The fourth-order valence-electron chi connectivity index (χ4n) is 4.29. The van der Waals surface area contributed by atoms with Gasteiger partial charge in [-0.25, -0.2) is 4.39 Å². The van der Waals surface area contributed by atoms with Gasteiger partial charge in [-0.1, -0.05) is 50.6 Å². The fourth-order valence-corrected chi connectivity index (χ4v) is 4.29. The smallest absolute Gasteiger partial charge is 0.406 e. The van der Waals surface area contributed by atoms with Crippen LogP contribution in [0.2, 0.25) is 0 Å². The second-order valence-corrected chi connectivity index (χ2v) is 9.63. The summed E-state index contributed by atoms with van der Waals surface area (Å²) in [5.41, 5.74) is 6.80. The quantitative estimate of drug-likeness (QED) is 0.257. The Labute approximate surface area is 217 Å². The van der Waals surface area contributed by atoms with Gasteiger partial charge in [0.05, 0.1) is 0 Å². The lowest BCUT2D eigenvalue weighted by atomic mass is 9.70. The zero-order valence-electron chi connectivity index (χ0n) is 22.5. The average molecular weight is 520 g/mol. The molecule has 1 fully saturated rings. The number of alkyl halides is 3. The number of carbonyl (C=O) groups excluding carboxylic acids is 1. The third kappa shape index (κ3) is 8.76. The molecule has 2 aromatic rings. The molecule has 0 bridgehead atoms. The Kier molecular flexibility index (Phi) is 10.5. The molecule has 0 atom stereocenters. The summed E-state index contributed by atoms with van der Waals surface area (Å²) in [6.07, 6.45) is 2.07. The van der Waals surface area contributed by atoms with Crippen LogP contribution in [0.15, 0.2) is 60.6 Å². The number of hydrogen-bond donors (Lipinski definition) is 0. The Bertz CT molecular complexity index is 1100. The molecular weight excluding hydrogens is 482 g/mol. The van der Waals surface area contributed by atoms with Gasteiger partial charge < -0.3 is 9.64 Å². The molecule has 0 saturated heterocycles. The molecule has 0 amide bonds. The Morgan fingerprint density at radius 3 is 2.16 bits per heavy atom. The first-order chi connectivity index (χ1) is 17.2. The molecule has 2 aromatic carbocycles. The minimum absolute atomic E-state index is 0.200. The van der Waals surface area contributed by atoms with Crippen LogP contribution < -0.4 is 9.64 Å². The van der Waals surface area contributed by atoms with Gasteiger partial charge in [-0.15, -0.1) is 13.2 Å². The molecule has 1 aliphatic carbocycles. The molecule has 0 radical (unpaired) electrons. The summed E-state index contributed by atoms with van der Waals surface area (Å²) >= 11 is 0. The van der Waals surface area contributed by atoms with Gasteiger partial charge in [0, 0.05) is 25.9 Å². The van der Waals surface area contributed by atoms with Crippen molar-refractivity contribution in [2.75, 3.05) is 11.9 Å². The van der Waals surface area contributed by atoms with Crippen LogP contribution in [0.4, 0.5) is 23.2 Å². The molecule has 3 nitrogen and oxygen atoms in total. The minimum Gasteiger partial charge on any atom is -0.406 e. The summed E-state index contributed by atoms with van der Waals surface area (Å²) in [5, 5.41) is 0. The Balaban J connectivity index is 0.000000717. The van der Waals surface area contributed by atoms with Gasteiger partial charge in [-0.3, -0.25) is 4.79 Å². The second-order valence-electron chi connectivity index (χ2n) is 9.63. The molecule has 202 valence electrons. The predicted octanol–water partition coefficient (Wildman–Crippen LogP) is 9.27. The number of allylic oxidation sites excluding steroid dienone is 2. The van der Waals surface area contributed by atoms with Crippen molar-refractivity contribution in [2.45, 2.75) is 72.6 Å². The van der Waals surface area contributed by atoms with Crippen LogP contribution >= 0.6 is 0 Å². The third-order valence-corrected chi connectivity index (χ3v) is 6.82. The molecule has 3 rings (SSSR count). The monoisotopic (exact) mass is 519 g/mol. The number of ether oxygens (including phenoxy) is 1. The average Bonchev–Trinajstić information content (AvgIpc) is 2.79. The lowest BCUT2D eigenvalue weighted by Gasteiger charge is -2.36. The normalized spacial score (nSPS) is 17.3. The summed E-state index contributed by atoms with van der Waals surface area (Å²) in [6, 6.07) is 10.7. The molecule has 0 aliphatic heterocycles. The summed E-state index contributed by atoms with van der Waals surface area (Å²) in [6.45, 7) is 12.4. The maximum absolute atomic E-state index is 12.5. The van der Waals surface area contributed by atoms with Gasteiger partial charge in [0.15, 0.2) is 11.6 Å². The van der Waals surface area contributed by atoms with Crippen molar-refractivity contribution < 1.29 is 27.1 Å². The summed E-state index contributed by atoms with van der Waals surface area (Å²) in [5.74, 6) is -0.351. The van der Waals surface area contributed by atoms with E-state index in [1.807, 2.05) is 0 Å². The van der Waals surface area contributed by atoms with E-state index in [2.05, 4.69) is 69.3 Å². The summed E-state index contributed by atoms with van der Waals surface area (Å²) in [7, 11) is 2.06. The van der Waals surface area contributed by atoms with Crippen molar-refractivity contribution in [1.29, 1.82) is 0 Å². The number of nitrogens with zero attached hydrogens (tertiary/aromatic N) is 1. The Hall–Kier alpha value is -3.09. The van der Waals surface area contributed by atoms with Crippen LogP contribution in [-0.2, 0) is 4.79 Å². The van der Waals surface area contributed by atoms with Crippen LogP contribution in [0.3, 0.4) is 0 Å². The van der Waals surface area contributed by atoms with Crippen molar-refractivity contribution in [1.82, 2.24) is 0 Å². The van der Waals surface area contributed by atoms with Crippen molar-refractivity contribution >= 4 is 11.5 Å². The first-order valence-electron chi connectivity index (χ1n) is 12.5. The number of ketones is 1. The standard InChI is InChI=1S/C26H32F3NO.C4H5FO/c1-6-17(3)16-30(5)25-15-22(21-12-19(7-2)13-21)14-24(18(25)4)20-8-10-23(11-9-20)31-26(27,28)29;1-3(5)4(2)6/h8-11,14-16,19,21H,6-7,12-13H2,1-5H3;1H2,2H3/b17-16+;. The Morgan fingerprint density at radius 1 is 1.14 bits per heavy atom. The molecule has 0 aromatic heterocycles. The molecule has 37 heavy (non-hydrogen) atoms. The van der Waals surface area contributed by atoms with E-state index in [0.29, 0.717) is 5.92 Å². The number of halogens is 4. The van der Waals surface area contributed by atoms with E-state index >= 15 is 0 Å². The van der Waals surface area contributed by atoms with Gasteiger partial charge in [0.1, 0.15) is 5.75 Å². The molecule has 0 heterocycles. The van der Waals surface area contributed by atoms with Gasteiger partial charge in [0.2, 0.25) is 0 Å². The van der Waals surface area contributed by atoms with E-state index in [0.717, 1.165) is 41.6 Å². The zero-order valence-corrected chi connectivity index (χ0v) is 22.5. The van der Waals surface area contributed by atoms with Crippen molar-refractivity contribution in [3.05, 3.63) is 71.7 Å². The van der Waals surface area contributed by atoms with Crippen molar-refractivity contribution in [3.63, 3.8) is 0 Å². The highest BCUT2D eigenvalue weighted by Gasteiger charge is 2.31. The van der Waals surface area contributed by atoms with E-state index in [1.165, 1.54) is 42.5 Å². The predicted molar refractivity (Wildman–Crippen MR) is 142 cm³/mol. The maximum Gasteiger partial charge on any atom is 0.573 e. The van der Waals surface area contributed by atoms with Crippen LogP contribution in [0, 0.1) is 12.8 Å². The lowest BCUT2D eigenvalue weighted by Crippen LogP contribution is -2.22. The first-order valence-corrected chi connectivity index (χ1v) is 12.5. The highest BCUT2D eigenvalue weighted by molar-refractivity contribution is 5.90. The Morgan fingerprint density at radius 2 is 1.70 bits per heavy atom. The molecule has 1 saturated carbocycles. The van der Waals surface area contributed by atoms with E-state index in [1.54, 1.807) is 12.1 Å². The fraction of sp³-hybridized carbons (Fsp3) is 0.433. The maximum atomic E-state index is 12.5. The van der Waals surface area contributed by atoms with Gasteiger partial charge >= 0.3 is 6.36 Å². The van der Waals surface area contributed by atoms with E-state index in [4.69, 9.17) is 0 Å². The minimum atomic E-state index is -4.68. The number of carbonyl (C=O) groups is 1. The first kappa shape index (κ1) is 30.1. The molecule has 0 N–H and O–H groups in total. The zero-order chi connectivity index (χ0) is 27.9. The summed E-state index contributed by atoms with van der Waals surface area (Å²) < 4.78 is 52.9. The van der Waals surface area contributed by atoms with Crippen molar-refractivity contribution in [2.24, 2.45) is 5.92 Å². The van der Waals surface area contributed by atoms with Gasteiger partial charge in [-0.05, 0) is 85.4 Å². The molecule has 0 unspecified atom stereocenters. The van der Waals surface area contributed by atoms with Crippen LogP contribution in [0.25, 0.3) is 11.1 Å². The molecule has 1 aliphatic rings. The molecule has 7 heteroatoms. The van der Waals surface area contributed by atoms with E-state index in [-0.39, 0.29) is 5.75 Å². The number of hydrogen-bond acceptors (Lipinski definition) is 3. The largest absolute Gasteiger partial charge is 0.573 e. The number of rotatable bonds is 8. The van der Waals surface area contributed by atoms with Crippen LogP contribution in [0.1, 0.15) is 70.4 Å². The number of anilines is 1. The lowest BCUT2D eigenvalue weighted by molar-refractivity contribution is -0.274. The number of benzene rings is 2. The second kappa shape index (κ2) is 12.9. The van der Waals surface area contributed by atoms with Crippen LogP contribution in [-0.4, -0.2) is 19.2 Å². The number of Topliss-reactive ketones (excluding diaryl/α,β-unsaturated/α-hetero) is 1. The van der Waals surface area contributed by atoms with Gasteiger partial charge in [0.25, 0.3) is 0 Å².